The monoisotopic (exact) mass is 463 g/mol. The summed E-state index contributed by atoms with van der Waals surface area (Å²) in [5, 5.41) is 16.2. The molecule has 1 aliphatic rings. The summed E-state index contributed by atoms with van der Waals surface area (Å²) in [6, 6.07) is 6.14. The summed E-state index contributed by atoms with van der Waals surface area (Å²) in [4.78, 5) is 27.8. The Balaban J connectivity index is 1.81. The first-order chi connectivity index (χ1) is 14.7. The van der Waals surface area contributed by atoms with Crippen LogP contribution in [0.2, 0.25) is 0 Å². The van der Waals surface area contributed by atoms with Gasteiger partial charge in [0.15, 0.2) is 4.90 Å². The van der Waals surface area contributed by atoms with E-state index in [0.717, 1.165) is 6.42 Å². The lowest BCUT2D eigenvalue weighted by Crippen LogP contribution is -2.38. The van der Waals surface area contributed by atoms with Crippen molar-refractivity contribution in [3.8, 4) is 0 Å². The van der Waals surface area contributed by atoms with E-state index >= 15 is 0 Å². The van der Waals surface area contributed by atoms with E-state index in [2.05, 4.69) is 10.1 Å². The van der Waals surface area contributed by atoms with E-state index in [9.17, 15) is 23.3 Å². The Kier molecular flexibility index (Phi) is 5.62. The van der Waals surface area contributed by atoms with Crippen molar-refractivity contribution in [1.82, 2.24) is 18.9 Å². The fraction of sp³-hybridized carbons (Fsp3) is 0.421. The molecule has 0 radical (unpaired) electrons. The summed E-state index contributed by atoms with van der Waals surface area (Å²) in [7, 11) is -4.15. The molecule has 0 aliphatic carbocycles. The van der Waals surface area contributed by atoms with Crippen molar-refractivity contribution in [3.63, 3.8) is 0 Å². The first kappa shape index (κ1) is 21.5. The number of nitrogens with zero attached hydrogens (tertiary/aromatic N) is 5. The van der Waals surface area contributed by atoms with Crippen LogP contribution in [0.15, 0.2) is 40.0 Å². The molecule has 3 aromatic rings. The van der Waals surface area contributed by atoms with Gasteiger partial charge in [-0.25, -0.2) is 13.4 Å². The maximum absolute atomic E-state index is 13.4. The summed E-state index contributed by atoms with van der Waals surface area (Å²) in [5.41, 5.74) is -0.135. The Bertz CT molecular complexity index is 1310. The molecule has 10 nitrogen and oxygen atoms in total. The molecule has 0 bridgehead atoms. The molecule has 12 heteroatoms. The molecular formula is C19H21N5O5S2. The number of piperidine rings is 1. The predicted octanol–water partition coefficient (Wildman–Crippen LogP) is 3.10. The lowest BCUT2D eigenvalue weighted by atomic mass is 10.1. The summed E-state index contributed by atoms with van der Waals surface area (Å²) in [5.74, 6) is 0.0634. The predicted molar refractivity (Wildman–Crippen MR) is 115 cm³/mol. The Morgan fingerprint density at radius 2 is 2.00 bits per heavy atom. The third-order valence-electron chi connectivity index (χ3n) is 5.26. The topological polar surface area (TPSA) is 128 Å². The van der Waals surface area contributed by atoms with Crippen LogP contribution in [0, 0.1) is 10.1 Å². The number of fused-ring (bicyclic) bond motifs is 1. The van der Waals surface area contributed by atoms with Crippen LogP contribution in [0.1, 0.15) is 55.8 Å². The molecule has 2 aromatic heterocycles. The van der Waals surface area contributed by atoms with Crippen molar-refractivity contribution >= 4 is 32.0 Å². The van der Waals surface area contributed by atoms with Crippen molar-refractivity contribution < 1.29 is 13.3 Å². The number of nitro benzene ring substituents is 1. The highest BCUT2D eigenvalue weighted by atomic mass is 32.2. The molecule has 0 N–H and O–H groups in total. The summed E-state index contributed by atoms with van der Waals surface area (Å²) in [6.45, 7) is 4.08. The SMILES string of the molecule is CC(C)c1cc(=O)n2nc(C3CCCCN3S(=O)(=O)c3ccccc3[N+](=O)[O-])sc2n1. The van der Waals surface area contributed by atoms with Gasteiger partial charge in [0.2, 0.25) is 4.96 Å². The second kappa shape index (κ2) is 8.09. The van der Waals surface area contributed by atoms with E-state index in [4.69, 9.17) is 0 Å². The molecule has 1 fully saturated rings. The van der Waals surface area contributed by atoms with Crippen LogP contribution in [0.3, 0.4) is 0 Å². The average molecular weight is 464 g/mol. The van der Waals surface area contributed by atoms with Gasteiger partial charge in [0.05, 0.1) is 16.7 Å². The van der Waals surface area contributed by atoms with Crippen LogP contribution < -0.4 is 5.56 Å². The van der Waals surface area contributed by atoms with Crippen LogP contribution in [0.4, 0.5) is 5.69 Å². The van der Waals surface area contributed by atoms with E-state index in [1.54, 1.807) is 0 Å². The van der Waals surface area contributed by atoms with Gasteiger partial charge in [-0.15, -0.1) is 0 Å². The smallest absolute Gasteiger partial charge is 0.267 e. The molecule has 31 heavy (non-hydrogen) atoms. The van der Waals surface area contributed by atoms with E-state index < -0.39 is 26.7 Å². The maximum Gasteiger partial charge on any atom is 0.289 e. The first-order valence-corrected chi connectivity index (χ1v) is 12.1. The number of hydrogen-bond donors (Lipinski definition) is 0. The maximum atomic E-state index is 13.4. The van der Waals surface area contributed by atoms with Gasteiger partial charge in [0.25, 0.3) is 21.3 Å². The van der Waals surface area contributed by atoms with Crippen LogP contribution in [-0.2, 0) is 10.0 Å². The van der Waals surface area contributed by atoms with E-state index in [0.29, 0.717) is 28.5 Å². The van der Waals surface area contributed by atoms with Crippen LogP contribution in [0.25, 0.3) is 4.96 Å². The highest BCUT2D eigenvalue weighted by Crippen LogP contribution is 2.38. The molecule has 1 aliphatic heterocycles. The van der Waals surface area contributed by atoms with Crippen molar-refractivity contribution in [1.29, 1.82) is 0 Å². The van der Waals surface area contributed by atoms with E-state index in [1.165, 1.54) is 50.5 Å². The molecule has 3 heterocycles. The molecular weight excluding hydrogens is 442 g/mol. The minimum Gasteiger partial charge on any atom is -0.267 e. The van der Waals surface area contributed by atoms with E-state index in [1.807, 2.05) is 13.8 Å². The van der Waals surface area contributed by atoms with Gasteiger partial charge >= 0.3 is 0 Å². The second-order valence-corrected chi connectivity index (χ2v) is 10.5. The number of rotatable bonds is 5. The normalized spacial score (nSPS) is 18.0. The molecule has 1 unspecified atom stereocenters. The molecule has 0 saturated carbocycles. The zero-order valence-corrected chi connectivity index (χ0v) is 18.6. The summed E-state index contributed by atoms with van der Waals surface area (Å²) >= 11 is 1.18. The average Bonchev–Trinajstić information content (AvgIpc) is 3.18. The lowest BCUT2D eigenvalue weighted by Gasteiger charge is -2.32. The largest absolute Gasteiger partial charge is 0.289 e. The molecule has 1 saturated heterocycles. The van der Waals surface area contributed by atoms with Gasteiger partial charge in [0, 0.05) is 18.7 Å². The standard InChI is InChI=1S/C19H21N5O5S2/c1-12(2)13-11-17(25)23-19(20-13)30-18(21-23)15-8-5-6-10-22(15)31(28,29)16-9-4-3-7-14(16)24(26)27/h3-4,7,9,11-12,15H,5-6,8,10H2,1-2H3. The molecule has 0 amide bonds. The Morgan fingerprint density at radius 3 is 2.71 bits per heavy atom. The molecule has 0 spiro atoms. The van der Waals surface area contributed by atoms with Gasteiger partial charge in [-0.2, -0.15) is 13.9 Å². The molecule has 164 valence electrons. The number of hydrogen-bond acceptors (Lipinski definition) is 8. The number of sulfonamides is 1. The molecule has 1 aromatic carbocycles. The van der Waals surface area contributed by atoms with E-state index in [-0.39, 0.29) is 22.9 Å². The summed E-state index contributed by atoms with van der Waals surface area (Å²) < 4.78 is 29.3. The fourth-order valence-corrected chi connectivity index (χ4v) is 6.61. The van der Waals surface area contributed by atoms with Gasteiger partial charge in [-0.05, 0) is 24.8 Å². The Labute approximate surface area is 182 Å². The number of para-hydroxylation sites is 1. The summed E-state index contributed by atoms with van der Waals surface area (Å²) in [6.07, 6.45) is 1.92. The minimum atomic E-state index is -4.15. The Morgan fingerprint density at radius 1 is 1.26 bits per heavy atom. The zero-order chi connectivity index (χ0) is 22.3. The quantitative estimate of drug-likeness (QED) is 0.420. The molecule has 1 atom stereocenters. The first-order valence-electron chi connectivity index (χ1n) is 9.86. The number of nitro groups is 1. The molecule has 4 rings (SSSR count). The lowest BCUT2D eigenvalue weighted by molar-refractivity contribution is -0.387. The number of aromatic nitrogens is 3. The highest BCUT2D eigenvalue weighted by molar-refractivity contribution is 7.89. The van der Waals surface area contributed by atoms with Crippen molar-refractivity contribution in [2.75, 3.05) is 6.54 Å². The van der Waals surface area contributed by atoms with Crippen molar-refractivity contribution in [2.45, 2.75) is 50.0 Å². The second-order valence-electron chi connectivity index (χ2n) is 7.66. The zero-order valence-electron chi connectivity index (χ0n) is 17.0. The Hall–Kier alpha value is -2.70. The van der Waals surface area contributed by atoms with Gasteiger partial charge in [-0.1, -0.05) is 43.7 Å². The van der Waals surface area contributed by atoms with Gasteiger partial charge < -0.3 is 0 Å². The number of benzene rings is 1. The fourth-order valence-electron chi connectivity index (χ4n) is 3.66. The highest BCUT2D eigenvalue weighted by Gasteiger charge is 2.39. The van der Waals surface area contributed by atoms with Gasteiger partial charge in [-0.3, -0.25) is 14.9 Å². The van der Waals surface area contributed by atoms with Crippen LogP contribution in [0.5, 0.6) is 0 Å². The minimum absolute atomic E-state index is 0.0634. The van der Waals surface area contributed by atoms with Crippen LogP contribution in [-0.4, -0.2) is 38.8 Å². The third kappa shape index (κ3) is 3.86. The third-order valence-corrected chi connectivity index (χ3v) is 8.22. The van der Waals surface area contributed by atoms with Crippen molar-refractivity contribution in [2.24, 2.45) is 0 Å². The van der Waals surface area contributed by atoms with Crippen molar-refractivity contribution in [3.05, 3.63) is 61.5 Å². The van der Waals surface area contributed by atoms with Crippen LogP contribution >= 0.6 is 11.3 Å². The van der Waals surface area contributed by atoms with Gasteiger partial charge in [0.1, 0.15) is 5.01 Å².